The largest absolute Gasteiger partial charge is 0.481 e. The average molecular weight is 329 g/mol. The first kappa shape index (κ1) is 19.3. The van der Waals surface area contributed by atoms with E-state index in [-0.39, 0.29) is 17.8 Å². The first-order valence-electron chi connectivity index (χ1n) is 8.21. The second kappa shape index (κ2) is 9.37. The molecule has 0 heterocycles. The Morgan fingerprint density at radius 3 is 2.22 bits per heavy atom. The summed E-state index contributed by atoms with van der Waals surface area (Å²) in [7, 11) is 0. The number of amides is 1. The summed E-state index contributed by atoms with van der Waals surface area (Å²) in [6, 6.07) is 0. The van der Waals surface area contributed by atoms with Gasteiger partial charge in [0.1, 0.15) is 0 Å². The Kier molecular flexibility index (Phi) is 7.85. The van der Waals surface area contributed by atoms with Gasteiger partial charge >= 0.3 is 18.0 Å². The Morgan fingerprint density at radius 2 is 1.74 bits per heavy atom. The van der Waals surface area contributed by atoms with Crippen molar-refractivity contribution in [2.45, 2.75) is 59.2 Å². The van der Waals surface area contributed by atoms with E-state index in [1.807, 2.05) is 0 Å². The fourth-order valence-electron chi connectivity index (χ4n) is 2.46. The molecule has 0 saturated heterocycles. The molecule has 1 rings (SSSR count). The fraction of sp³-hybridized carbons (Fsp3) is 0.812. The van der Waals surface area contributed by atoms with Crippen LogP contribution < -0.4 is 5.32 Å². The number of carbonyl (C=O) groups is 3. The van der Waals surface area contributed by atoms with Gasteiger partial charge in [-0.25, -0.2) is 4.79 Å². The second-order valence-electron chi connectivity index (χ2n) is 6.27. The van der Waals surface area contributed by atoms with Crippen molar-refractivity contribution >= 4 is 18.0 Å². The summed E-state index contributed by atoms with van der Waals surface area (Å²) in [6.07, 6.45) is 1.71. The minimum absolute atomic E-state index is 0.261. The van der Waals surface area contributed by atoms with E-state index in [0.29, 0.717) is 25.8 Å². The Bertz CT molecular complexity index is 415. The lowest BCUT2D eigenvalue weighted by atomic mass is 9.82. The Balaban J connectivity index is 2.28. The zero-order valence-electron chi connectivity index (χ0n) is 14.0. The van der Waals surface area contributed by atoms with Crippen molar-refractivity contribution in [3.63, 3.8) is 0 Å². The van der Waals surface area contributed by atoms with Crippen molar-refractivity contribution in [2.24, 2.45) is 17.8 Å². The molecule has 2 N–H and O–H groups in total. The molecular formula is C16H27NO6. The monoisotopic (exact) mass is 329 g/mol. The smallest absolute Gasteiger partial charge is 0.410 e. The van der Waals surface area contributed by atoms with Crippen LogP contribution in [0.2, 0.25) is 0 Å². The van der Waals surface area contributed by atoms with Crippen LogP contribution in [-0.4, -0.2) is 36.0 Å². The molecule has 1 fully saturated rings. The van der Waals surface area contributed by atoms with Crippen LogP contribution in [0.15, 0.2) is 0 Å². The minimum Gasteiger partial charge on any atom is -0.481 e. The van der Waals surface area contributed by atoms with Gasteiger partial charge in [-0.05, 0) is 31.6 Å². The first-order valence-corrected chi connectivity index (χ1v) is 8.21. The molecule has 0 aliphatic heterocycles. The Hall–Kier alpha value is -1.79. The number of carbonyl (C=O) groups excluding carboxylic acids is 2. The summed E-state index contributed by atoms with van der Waals surface area (Å²) in [5.74, 6) is -1.43. The second-order valence-corrected chi connectivity index (χ2v) is 6.27. The van der Waals surface area contributed by atoms with E-state index in [4.69, 9.17) is 14.6 Å². The molecule has 0 aromatic heterocycles. The summed E-state index contributed by atoms with van der Waals surface area (Å²) in [5.41, 5.74) is 0. The van der Waals surface area contributed by atoms with Gasteiger partial charge in [0, 0.05) is 13.0 Å². The molecule has 132 valence electrons. The third kappa shape index (κ3) is 6.88. The molecule has 0 radical (unpaired) electrons. The van der Waals surface area contributed by atoms with Crippen LogP contribution in [0.4, 0.5) is 4.79 Å². The van der Waals surface area contributed by atoms with Crippen LogP contribution in [0, 0.1) is 17.8 Å². The molecular weight excluding hydrogens is 302 g/mol. The van der Waals surface area contributed by atoms with Crippen LogP contribution in [0.1, 0.15) is 52.9 Å². The molecule has 1 unspecified atom stereocenters. The fourth-order valence-corrected chi connectivity index (χ4v) is 2.46. The highest BCUT2D eigenvalue weighted by Gasteiger charge is 2.26. The normalized spacial score (nSPS) is 22.3. The molecule has 7 heteroatoms. The van der Waals surface area contributed by atoms with Crippen molar-refractivity contribution in [2.75, 3.05) is 6.54 Å². The van der Waals surface area contributed by atoms with Gasteiger partial charge in [-0.1, -0.05) is 20.8 Å². The summed E-state index contributed by atoms with van der Waals surface area (Å²) < 4.78 is 10.2. The predicted octanol–water partition coefficient (Wildman–Crippen LogP) is 2.54. The topological polar surface area (TPSA) is 102 Å². The van der Waals surface area contributed by atoms with Gasteiger partial charge < -0.3 is 19.9 Å². The summed E-state index contributed by atoms with van der Waals surface area (Å²) in [6.45, 7) is 5.63. The molecule has 1 aliphatic rings. The number of ether oxygens (including phenoxy) is 2. The predicted molar refractivity (Wildman–Crippen MR) is 82.6 cm³/mol. The summed E-state index contributed by atoms with van der Waals surface area (Å²) >= 11 is 0. The van der Waals surface area contributed by atoms with Crippen molar-refractivity contribution in [3.05, 3.63) is 0 Å². The highest BCUT2D eigenvalue weighted by atomic mass is 16.7. The lowest BCUT2D eigenvalue weighted by Crippen LogP contribution is -2.36. The van der Waals surface area contributed by atoms with E-state index >= 15 is 0 Å². The molecule has 23 heavy (non-hydrogen) atoms. The van der Waals surface area contributed by atoms with Gasteiger partial charge in [-0.15, -0.1) is 0 Å². The molecule has 0 bridgehead atoms. The summed E-state index contributed by atoms with van der Waals surface area (Å²) in [4.78, 5) is 34.1. The molecule has 0 aromatic carbocycles. The van der Waals surface area contributed by atoms with E-state index in [2.05, 4.69) is 5.32 Å². The quantitative estimate of drug-likeness (QED) is 0.550. The number of alkyl carbamates (subject to hydrolysis) is 1. The zero-order chi connectivity index (χ0) is 17.4. The Labute approximate surface area is 136 Å². The van der Waals surface area contributed by atoms with Crippen LogP contribution in [0.3, 0.4) is 0 Å². The Morgan fingerprint density at radius 1 is 1.13 bits per heavy atom. The van der Waals surface area contributed by atoms with E-state index in [1.165, 1.54) is 0 Å². The lowest BCUT2D eigenvalue weighted by Gasteiger charge is -2.26. The SMILES string of the molecule is CCC(OC(=O)NC[C@H]1CC[C@H](C(=O)O)CC1)OC(=O)C(C)C. The number of aliphatic carboxylic acids is 1. The maximum absolute atomic E-state index is 11.8. The third-order valence-electron chi connectivity index (χ3n) is 4.02. The van der Waals surface area contributed by atoms with Crippen LogP contribution in [-0.2, 0) is 19.1 Å². The summed E-state index contributed by atoms with van der Waals surface area (Å²) in [5, 5.41) is 11.6. The maximum Gasteiger partial charge on any atom is 0.410 e. The van der Waals surface area contributed by atoms with Crippen molar-refractivity contribution < 1.29 is 29.0 Å². The van der Waals surface area contributed by atoms with E-state index in [1.54, 1.807) is 20.8 Å². The molecule has 1 atom stereocenters. The highest BCUT2D eigenvalue weighted by Crippen LogP contribution is 2.28. The van der Waals surface area contributed by atoms with Crippen LogP contribution in [0.25, 0.3) is 0 Å². The van der Waals surface area contributed by atoms with E-state index < -0.39 is 24.3 Å². The third-order valence-corrected chi connectivity index (χ3v) is 4.02. The number of carboxylic acids is 1. The molecule has 1 amide bonds. The number of nitrogens with one attached hydrogen (secondary N) is 1. The molecule has 1 aliphatic carbocycles. The molecule has 0 spiro atoms. The van der Waals surface area contributed by atoms with Gasteiger partial charge in [0.25, 0.3) is 0 Å². The van der Waals surface area contributed by atoms with Crippen LogP contribution in [0.5, 0.6) is 0 Å². The van der Waals surface area contributed by atoms with Gasteiger partial charge in [0.05, 0.1) is 11.8 Å². The molecule has 7 nitrogen and oxygen atoms in total. The number of hydrogen-bond donors (Lipinski definition) is 2. The zero-order valence-corrected chi connectivity index (χ0v) is 14.0. The highest BCUT2D eigenvalue weighted by molar-refractivity contribution is 5.72. The standard InChI is InChI=1S/C16H27NO6/c1-4-13(22-15(20)10(2)3)23-16(21)17-9-11-5-7-12(8-6-11)14(18)19/h10-13H,4-9H2,1-3H3,(H,17,21)(H,18,19)/t11-,12-,13?. The van der Waals surface area contributed by atoms with Gasteiger partial charge in [-0.2, -0.15) is 0 Å². The van der Waals surface area contributed by atoms with Gasteiger partial charge in [0.2, 0.25) is 6.29 Å². The van der Waals surface area contributed by atoms with Crippen LogP contribution >= 0.6 is 0 Å². The number of esters is 1. The van der Waals surface area contributed by atoms with Gasteiger partial charge in [0.15, 0.2) is 0 Å². The van der Waals surface area contributed by atoms with Crippen molar-refractivity contribution in [1.82, 2.24) is 5.32 Å². The lowest BCUT2D eigenvalue weighted by molar-refractivity contribution is -0.172. The number of hydrogen-bond acceptors (Lipinski definition) is 5. The number of rotatable bonds is 7. The van der Waals surface area contributed by atoms with Gasteiger partial charge in [-0.3, -0.25) is 9.59 Å². The van der Waals surface area contributed by atoms with Crippen molar-refractivity contribution in [3.8, 4) is 0 Å². The molecule has 1 saturated carbocycles. The number of carboxylic acid groups (broad SMARTS) is 1. The first-order chi connectivity index (χ1) is 10.8. The molecule has 0 aromatic rings. The van der Waals surface area contributed by atoms with E-state index in [0.717, 1.165) is 12.8 Å². The van der Waals surface area contributed by atoms with E-state index in [9.17, 15) is 14.4 Å². The minimum atomic E-state index is -0.882. The van der Waals surface area contributed by atoms with Crippen molar-refractivity contribution in [1.29, 1.82) is 0 Å². The maximum atomic E-state index is 11.8. The average Bonchev–Trinajstić information content (AvgIpc) is 2.52.